The number of anilines is 2. The zero-order chi connectivity index (χ0) is 18.3. The maximum Gasteiger partial charge on any atom is 0.223 e. The largest absolute Gasteiger partial charge is 0.372 e. The predicted octanol–water partition coefficient (Wildman–Crippen LogP) is 4.24. The molecule has 0 saturated heterocycles. The van der Waals surface area contributed by atoms with E-state index in [0.29, 0.717) is 13.0 Å². The van der Waals surface area contributed by atoms with Crippen LogP contribution in [-0.4, -0.2) is 25.0 Å². The molecule has 0 spiro atoms. The summed E-state index contributed by atoms with van der Waals surface area (Å²) in [4.78, 5) is 14.1. The highest BCUT2D eigenvalue weighted by Crippen LogP contribution is 2.42. The van der Waals surface area contributed by atoms with Gasteiger partial charge in [0.05, 0.1) is 16.9 Å². The first kappa shape index (κ1) is 18.8. The second-order valence-corrected chi connectivity index (χ2v) is 6.30. The molecule has 0 fully saturated rings. The molecule has 1 aromatic rings. The quantitative estimate of drug-likeness (QED) is 0.730. The monoisotopic (exact) mass is 339 g/mol. The Labute approximate surface area is 151 Å². The summed E-state index contributed by atoms with van der Waals surface area (Å²) in [6.07, 6.45) is 9.81. The number of allylic oxidation sites excluding steroid dienone is 3. The number of fused-ring (bicyclic) bond motifs is 1. The number of nitrogens with zero attached hydrogens (tertiary/aromatic N) is 1. The first-order valence-electron chi connectivity index (χ1n) is 8.90. The van der Waals surface area contributed by atoms with Crippen molar-refractivity contribution in [1.82, 2.24) is 5.32 Å². The van der Waals surface area contributed by atoms with Crippen molar-refractivity contribution in [1.29, 1.82) is 0 Å². The van der Waals surface area contributed by atoms with Crippen molar-refractivity contribution < 1.29 is 4.79 Å². The second kappa shape index (κ2) is 8.56. The standard InChI is InChI=1S/C21H29N3O/c1-5-8-14-20(25)22-16-15-21(7-3)19(11-6-2)24(4)18-13-10-9-12-17(18)23-21/h5-6,8-13,23H,2,7,14-16H2,1,3-4H3,(H,22,25)/b8-5-,19-11-. The second-order valence-electron chi connectivity index (χ2n) is 6.30. The average Bonchev–Trinajstić information content (AvgIpc) is 2.63. The van der Waals surface area contributed by atoms with Crippen LogP contribution in [-0.2, 0) is 4.79 Å². The molecule has 1 unspecified atom stereocenters. The van der Waals surface area contributed by atoms with Gasteiger partial charge >= 0.3 is 0 Å². The molecule has 1 atom stereocenters. The predicted molar refractivity (Wildman–Crippen MR) is 107 cm³/mol. The molecule has 0 saturated carbocycles. The summed E-state index contributed by atoms with van der Waals surface area (Å²) in [5.74, 6) is 0.0585. The van der Waals surface area contributed by atoms with Gasteiger partial charge in [-0.05, 0) is 38.0 Å². The van der Waals surface area contributed by atoms with E-state index in [2.05, 4.69) is 54.3 Å². The number of amides is 1. The van der Waals surface area contributed by atoms with Gasteiger partial charge in [0.2, 0.25) is 5.91 Å². The van der Waals surface area contributed by atoms with Crippen LogP contribution >= 0.6 is 0 Å². The van der Waals surface area contributed by atoms with E-state index in [4.69, 9.17) is 0 Å². The Bertz CT molecular complexity index is 677. The molecule has 1 heterocycles. The fourth-order valence-electron chi connectivity index (χ4n) is 3.38. The van der Waals surface area contributed by atoms with E-state index in [1.165, 1.54) is 5.70 Å². The fourth-order valence-corrected chi connectivity index (χ4v) is 3.38. The van der Waals surface area contributed by atoms with Crippen molar-refractivity contribution in [3.05, 3.63) is 60.8 Å². The minimum absolute atomic E-state index is 0.0585. The van der Waals surface area contributed by atoms with Gasteiger partial charge in [0, 0.05) is 25.7 Å². The third-order valence-electron chi connectivity index (χ3n) is 4.78. The lowest BCUT2D eigenvalue weighted by atomic mass is 9.84. The summed E-state index contributed by atoms with van der Waals surface area (Å²) in [6.45, 7) is 8.60. The molecular formula is C21H29N3O. The number of carbonyl (C=O) groups is 1. The zero-order valence-corrected chi connectivity index (χ0v) is 15.5. The van der Waals surface area contributed by atoms with Crippen molar-refractivity contribution in [3.8, 4) is 0 Å². The van der Waals surface area contributed by atoms with Crippen LogP contribution in [0.4, 0.5) is 11.4 Å². The van der Waals surface area contributed by atoms with Gasteiger partial charge in [0.25, 0.3) is 0 Å². The van der Waals surface area contributed by atoms with E-state index < -0.39 is 0 Å². The highest BCUT2D eigenvalue weighted by molar-refractivity contribution is 5.79. The van der Waals surface area contributed by atoms with E-state index >= 15 is 0 Å². The summed E-state index contributed by atoms with van der Waals surface area (Å²) in [6, 6.07) is 8.30. The third-order valence-corrected chi connectivity index (χ3v) is 4.78. The van der Waals surface area contributed by atoms with Crippen LogP contribution in [0.15, 0.2) is 60.8 Å². The van der Waals surface area contributed by atoms with E-state index in [-0.39, 0.29) is 11.4 Å². The number of rotatable bonds is 7. The molecule has 0 aromatic heterocycles. The molecule has 1 aliphatic rings. The first-order chi connectivity index (χ1) is 12.1. The molecule has 2 rings (SSSR count). The number of likely N-dealkylation sites (N-methyl/N-ethyl adjacent to an activating group) is 1. The third kappa shape index (κ3) is 4.13. The Morgan fingerprint density at radius 1 is 1.40 bits per heavy atom. The topological polar surface area (TPSA) is 44.4 Å². The maximum atomic E-state index is 11.9. The summed E-state index contributed by atoms with van der Waals surface area (Å²) < 4.78 is 0. The van der Waals surface area contributed by atoms with Gasteiger partial charge in [-0.3, -0.25) is 4.79 Å². The highest BCUT2D eigenvalue weighted by atomic mass is 16.1. The smallest absolute Gasteiger partial charge is 0.223 e. The molecule has 1 amide bonds. The molecule has 0 radical (unpaired) electrons. The van der Waals surface area contributed by atoms with Gasteiger partial charge in [-0.2, -0.15) is 0 Å². The van der Waals surface area contributed by atoms with Gasteiger partial charge in [-0.25, -0.2) is 0 Å². The minimum atomic E-state index is -0.231. The zero-order valence-electron chi connectivity index (χ0n) is 15.5. The van der Waals surface area contributed by atoms with Crippen LogP contribution in [0.25, 0.3) is 0 Å². The molecule has 0 aliphatic carbocycles. The molecule has 4 nitrogen and oxygen atoms in total. The number of hydrogen-bond donors (Lipinski definition) is 2. The van der Waals surface area contributed by atoms with Crippen LogP contribution in [0.5, 0.6) is 0 Å². The number of benzene rings is 1. The van der Waals surface area contributed by atoms with Crippen molar-refractivity contribution in [2.24, 2.45) is 0 Å². The van der Waals surface area contributed by atoms with Crippen LogP contribution in [0.3, 0.4) is 0 Å². The van der Waals surface area contributed by atoms with Crippen LogP contribution in [0, 0.1) is 0 Å². The van der Waals surface area contributed by atoms with Crippen LogP contribution in [0.1, 0.15) is 33.1 Å². The van der Waals surface area contributed by atoms with Crippen molar-refractivity contribution in [3.63, 3.8) is 0 Å². The molecule has 1 aromatic carbocycles. The fraction of sp³-hybridized carbons (Fsp3) is 0.381. The van der Waals surface area contributed by atoms with Gasteiger partial charge in [0.1, 0.15) is 0 Å². The Balaban J connectivity index is 2.22. The lowest BCUT2D eigenvalue weighted by molar-refractivity contribution is -0.120. The first-order valence-corrected chi connectivity index (χ1v) is 8.90. The van der Waals surface area contributed by atoms with Gasteiger partial charge in [-0.1, -0.05) is 43.9 Å². The number of nitrogens with one attached hydrogen (secondary N) is 2. The molecule has 134 valence electrons. The van der Waals surface area contributed by atoms with E-state index in [1.807, 2.05) is 37.3 Å². The van der Waals surface area contributed by atoms with Crippen LogP contribution < -0.4 is 15.5 Å². The van der Waals surface area contributed by atoms with E-state index in [1.54, 1.807) is 0 Å². The van der Waals surface area contributed by atoms with Crippen molar-refractivity contribution in [2.45, 2.75) is 38.6 Å². The molecule has 4 heteroatoms. The SMILES string of the molecule is C=C/C=C1\N(C)c2ccccc2NC1(CC)CCNC(=O)C/C=C\C. The molecule has 0 bridgehead atoms. The Morgan fingerprint density at radius 2 is 2.16 bits per heavy atom. The Morgan fingerprint density at radius 3 is 2.84 bits per heavy atom. The highest BCUT2D eigenvalue weighted by Gasteiger charge is 2.39. The summed E-state index contributed by atoms with van der Waals surface area (Å²) in [5, 5.41) is 6.74. The minimum Gasteiger partial charge on any atom is -0.372 e. The summed E-state index contributed by atoms with van der Waals surface area (Å²) in [7, 11) is 2.09. The molecular weight excluding hydrogens is 310 g/mol. The number of hydrogen-bond acceptors (Lipinski definition) is 3. The number of carbonyl (C=O) groups excluding carboxylic acids is 1. The summed E-state index contributed by atoms with van der Waals surface area (Å²) in [5.41, 5.74) is 3.21. The molecule has 25 heavy (non-hydrogen) atoms. The lowest BCUT2D eigenvalue weighted by Gasteiger charge is -2.46. The normalized spacial score (nSPS) is 21.1. The van der Waals surface area contributed by atoms with Crippen LogP contribution in [0.2, 0.25) is 0 Å². The van der Waals surface area contributed by atoms with E-state index in [9.17, 15) is 4.79 Å². The van der Waals surface area contributed by atoms with Gasteiger partial charge in [-0.15, -0.1) is 0 Å². The Hall–Kier alpha value is -2.49. The van der Waals surface area contributed by atoms with Crippen molar-refractivity contribution in [2.75, 3.05) is 23.8 Å². The van der Waals surface area contributed by atoms with Gasteiger partial charge < -0.3 is 15.5 Å². The van der Waals surface area contributed by atoms with Crippen molar-refractivity contribution >= 4 is 17.3 Å². The molecule has 1 aliphatic heterocycles. The Kier molecular flexibility index (Phi) is 6.45. The number of para-hydroxylation sites is 2. The maximum absolute atomic E-state index is 11.9. The lowest BCUT2D eigenvalue weighted by Crippen LogP contribution is -2.50. The molecule has 2 N–H and O–H groups in total. The summed E-state index contributed by atoms with van der Waals surface area (Å²) >= 11 is 0. The average molecular weight is 339 g/mol. The van der Waals surface area contributed by atoms with E-state index in [0.717, 1.165) is 24.2 Å². The van der Waals surface area contributed by atoms with Gasteiger partial charge in [0.15, 0.2) is 0 Å².